The van der Waals surface area contributed by atoms with E-state index in [1.807, 2.05) is 13.0 Å². The first-order valence-corrected chi connectivity index (χ1v) is 7.10. The summed E-state index contributed by atoms with van der Waals surface area (Å²) in [5.74, 6) is 0.521. The first-order chi connectivity index (χ1) is 9.45. The predicted molar refractivity (Wildman–Crippen MR) is 82.0 cm³/mol. The molecule has 0 saturated carbocycles. The third kappa shape index (κ3) is 3.88. The molecule has 6 heteroatoms. The molecule has 0 aliphatic rings. The van der Waals surface area contributed by atoms with E-state index in [9.17, 15) is 0 Å². The van der Waals surface area contributed by atoms with Gasteiger partial charge in [-0.15, -0.1) is 0 Å². The van der Waals surface area contributed by atoms with Gasteiger partial charge in [0.25, 0.3) is 0 Å². The van der Waals surface area contributed by atoms with Crippen LogP contribution >= 0.6 is 23.2 Å². The highest BCUT2D eigenvalue weighted by atomic mass is 35.5. The second kappa shape index (κ2) is 6.48. The fraction of sp³-hybridized carbons (Fsp3) is 0.357. The average molecular weight is 311 g/mol. The number of nitrogens with zero attached hydrogens (tertiary/aromatic N) is 3. The van der Waals surface area contributed by atoms with Crippen LogP contribution in [0.4, 0.5) is 0 Å². The van der Waals surface area contributed by atoms with E-state index in [1.54, 1.807) is 12.3 Å². The summed E-state index contributed by atoms with van der Waals surface area (Å²) in [5.41, 5.74) is 2.34. The van der Waals surface area contributed by atoms with E-state index in [4.69, 9.17) is 23.2 Å². The zero-order valence-corrected chi connectivity index (χ0v) is 13.1. The van der Waals surface area contributed by atoms with E-state index in [0.717, 1.165) is 11.4 Å². The summed E-state index contributed by atoms with van der Waals surface area (Å²) >= 11 is 12.0. The summed E-state index contributed by atoms with van der Waals surface area (Å²) in [7, 11) is 0. The number of aromatic nitrogens is 3. The Morgan fingerprint density at radius 1 is 1.20 bits per heavy atom. The molecule has 2 aromatic heterocycles. The summed E-state index contributed by atoms with van der Waals surface area (Å²) in [6.45, 7) is 6.78. The Morgan fingerprint density at radius 2 is 1.95 bits per heavy atom. The predicted octanol–water partition coefficient (Wildman–Crippen LogP) is 3.65. The van der Waals surface area contributed by atoms with Gasteiger partial charge in [0.2, 0.25) is 0 Å². The van der Waals surface area contributed by atoms with Crippen LogP contribution in [0.3, 0.4) is 0 Å². The SMILES string of the molecule is Cc1cc(CNC(C)C)nc(-c2ncc(Cl)cc2Cl)n1. The van der Waals surface area contributed by atoms with Crippen LogP contribution in [-0.4, -0.2) is 21.0 Å². The number of halogens is 2. The van der Waals surface area contributed by atoms with Crippen molar-refractivity contribution in [2.75, 3.05) is 0 Å². The largest absolute Gasteiger partial charge is 0.309 e. The molecule has 0 atom stereocenters. The molecule has 0 radical (unpaired) electrons. The minimum Gasteiger partial charge on any atom is -0.309 e. The molecule has 2 aromatic rings. The summed E-state index contributed by atoms with van der Waals surface area (Å²) in [5, 5.41) is 4.27. The van der Waals surface area contributed by atoms with Gasteiger partial charge in [-0.25, -0.2) is 15.0 Å². The maximum absolute atomic E-state index is 6.15. The van der Waals surface area contributed by atoms with Crippen molar-refractivity contribution in [2.24, 2.45) is 0 Å². The molecule has 4 nitrogen and oxygen atoms in total. The molecule has 0 aliphatic heterocycles. The lowest BCUT2D eigenvalue weighted by molar-refractivity contribution is 0.580. The smallest absolute Gasteiger partial charge is 0.180 e. The Hall–Kier alpha value is -1.23. The minimum absolute atomic E-state index is 0.394. The fourth-order valence-corrected chi connectivity index (χ4v) is 2.18. The van der Waals surface area contributed by atoms with Crippen molar-refractivity contribution in [3.63, 3.8) is 0 Å². The van der Waals surface area contributed by atoms with Gasteiger partial charge >= 0.3 is 0 Å². The summed E-state index contributed by atoms with van der Waals surface area (Å²) in [6, 6.07) is 3.98. The molecule has 0 amide bonds. The van der Waals surface area contributed by atoms with Crippen molar-refractivity contribution in [1.82, 2.24) is 20.3 Å². The monoisotopic (exact) mass is 310 g/mol. The van der Waals surface area contributed by atoms with Crippen LogP contribution in [0.5, 0.6) is 0 Å². The van der Waals surface area contributed by atoms with Gasteiger partial charge in [-0.1, -0.05) is 37.0 Å². The van der Waals surface area contributed by atoms with E-state index in [-0.39, 0.29) is 0 Å². The van der Waals surface area contributed by atoms with Gasteiger partial charge in [-0.3, -0.25) is 0 Å². The Morgan fingerprint density at radius 3 is 2.60 bits per heavy atom. The van der Waals surface area contributed by atoms with Gasteiger partial charge in [0.05, 0.1) is 15.7 Å². The summed E-state index contributed by atoms with van der Waals surface area (Å²) in [6.07, 6.45) is 1.54. The van der Waals surface area contributed by atoms with Crippen molar-refractivity contribution in [3.05, 3.63) is 39.8 Å². The Bertz CT molecular complexity index is 614. The van der Waals surface area contributed by atoms with E-state index in [1.165, 1.54) is 0 Å². The third-order valence-corrected chi connectivity index (χ3v) is 3.11. The van der Waals surface area contributed by atoms with Gasteiger partial charge in [-0.05, 0) is 19.1 Å². The number of nitrogens with one attached hydrogen (secondary N) is 1. The molecule has 0 aliphatic carbocycles. The van der Waals surface area contributed by atoms with Crippen LogP contribution in [0.15, 0.2) is 18.3 Å². The highest BCUT2D eigenvalue weighted by Gasteiger charge is 2.11. The average Bonchev–Trinajstić information content (AvgIpc) is 2.35. The lowest BCUT2D eigenvalue weighted by Gasteiger charge is -2.10. The summed E-state index contributed by atoms with van der Waals surface area (Å²) < 4.78 is 0. The zero-order chi connectivity index (χ0) is 14.7. The second-order valence-corrected chi connectivity index (χ2v) is 5.69. The van der Waals surface area contributed by atoms with Crippen molar-refractivity contribution in [3.8, 4) is 11.5 Å². The molecule has 2 heterocycles. The molecule has 0 fully saturated rings. The first kappa shape index (κ1) is 15.2. The lowest BCUT2D eigenvalue weighted by atomic mass is 10.2. The molecule has 0 bridgehead atoms. The third-order valence-electron chi connectivity index (χ3n) is 2.62. The molecule has 1 N–H and O–H groups in total. The maximum Gasteiger partial charge on any atom is 0.180 e. The zero-order valence-electron chi connectivity index (χ0n) is 11.6. The van der Waals surface area contributed by atoms with E-state index < -0.39 is 0 Å². The molecular formula is C14H16Cl2N4. The molecule has 0 unspecified atom stereocenters. The number of pyridine rings is 1. The molecule has 0 spiro atoms. The minimum atomic E-state index is 0.394. The Balaban J connectivity index is 2.36. The normalized spacial score (nSPS) is 11.1. The quantitative estimate of drug-likeness (QED) is 0.936. The van der Waals surface area contributed by atoms with E-state index in [2.05, 4.69) is 34.1 Å². The van der Waals surface area contributed by atoms with Crippen LogP contribution in [0.1, 0.15) is 25.2 Å². The fourth-order valence-electron chi connectivity index (χ4n) is 1.72. The molecule has 0 aromatic carbocycles. The van der Waals surface area contributed by atoms with E-state index in [0.29, 0.717) is 34.2 Å². The van der Waals surface area contributed by atoms with Gasteiger partial charge in [0.15, 0.2) is 5.82 Å². The maximum atomic E-state index is 6.15. The number of rotatable bonds is 4. The second-order valence-electron chi connectivity index (χ2n) is 4.84. The van der Waals surface area contributed by atoms with Gasteiger partial charge < -0.3 is 5.32 Å². The molecule has 106 valence electrons. The number of hydrogen-bond donors (Lipinski definition) is 1. The molecule has 0 saturated heterocycles. The van der Waals surface area contributed by atoms with Crippen LogP contribution in [0, 0.1) is 6.92 Å². The van der Waals surface area contributed by atoms with Crippen molar-refractivity contribution in [2.45, 2.75) is 33.4 Å². The van der Waals surface area contributed by atoms with Gasteiger partial charge in [-0.2, -0.15) is 0 Å². The highest BCUT2D eigenvalue weighted by Crippen LogP contribution is 2.25. The Labute approximate surface area is 128 Å². The van der Waals surface area contributed by atoms with Crippen LogP contribution in [-0.2, 0) is 6.54 Å². The van der Waals surface area contributed by atoms with E-state index >= 15 is 0 Å². The van der Waals surface area contributed by atoms with Gasteiger partial charge in [0.1, 0.15) is 5.69 Å². The topological polar surface area (TPSA) is 50.7 Å². The van der Waals surface area contributed by atoms with Crippen molar-refractivity contribution < 1.29 is 0 Å². The molecule has 2 rings (SSSR count). The number of aryl methyl sites for hydroxylation is 1. The highest BCUT2D eigenvalue weighted by molar-refractivity contribution is 6.35. The van der Waals surface area contributed by atoms with Crippen molar-refractivity contribution in [1.29, 1.82) is 0 Å². The lowest BCUT2D eigenvalue weighted by Crippen LogP contribution is -2.22. The Kier molecular flexibility index (Phi) is 4.91. The summed E-state index contributed by atoms with van der Waals surface area (Å²) in [4.78, 5) is 13.1. The standard InChI is InChI=1S/C14H16Cl2N4/c1-8(2)17-7-11-4-9(3)19-14(20-11)13-12(16)5-10(15)6-18-13/h4-6,8,17H,7H2,1-3H3. The number of hydrogen-bond acceptors (Lipinski definition) is 4. The molecule has 20 heavy (non-hydrogen) atoms. The van der Waals surface area contributed by atoms with Gasteiger partial charge in [0, 0.05) is 24.5 Å². The van der Waals surface area contributed by atoms with Crippen molar-refractivity contribution >= 4 is 23.2 Å². The first-order valence-electron chi connectivity index (χ1n) is 6.35. The molecular weight excluding hydrogens is 295 g/mol. The van der Waals surface area contributed by atoms with Crippen LogP contribution < -0.4 is 5.32 Å². The van der Waals surface area contributed by atoms with Crippen LogP contribution in [0.2, 0.25) is 10.0 Å². The van der Waals surface area contributed by atoms with Crippen LogP contribution in [0.25, 0.3) is 11.5 Å².